The van der Waals surface area contributed by atoms with Gasteiger partial charge in [0.1, 0.15) is 12.0 Å². The molecule has 7 heteroatoms. The number of fused-ring (bicyclic) bond motifs is 2. The first-order chi connectivity index (χ1) is 8.90. The van der Waals surface area contributed by atoms with E-state index in [4.69, 9.17) is 0 Å². The van der Waals surface area contributed by atoms with Gasteiger partial charge < -0.3 is 5.32 Å². The second-order valence-electron chi connectivity index (χ2n) is 6.32. The number of carbonyl (C=O) groups excluding carboxylic acids is 3. The lowest BCUT2D eigenvalue weighted by Gasteiger charge is -2.37. The van der Waals surface area contributed by atoms with Crippen LogP contribution in [0.1, 0.15) is 33.6 Å². The lowest BCUT2D eigenvalue weighted by molar-refractivity contribution is -0.154. The molecule has 20 heavy (non-hydrogen) atoms. The van der Waals surface area contributed by atoms with Crippen LogP contribution in [-0.4, -0.2) is 30.2 Å². The number of Topliss-reactive ketones (excluding diaryl/α,β-unsaturated/α-hetero) is 2. The molecule has 2 rings (SSSR count). The van der Waals surface area contributed by atoms with Crippen LogP contribution >= 0.6 is 0 Å². The largest absolute Gasteiger partial charge is 0.405 e. The van der Waals surface area contributed by atoms with Crippen LogP contribution in [0.15, 0.2) is 0 Å². The quantitative estimate of drug-likeness (QED) is 0.621. The van der Waals surface area contributed by atoms with Gasteiger partial charge in [-0.05, 0) is 18.3 Å². The summed E-state index contributed by atoms with van der Waals surface area (Å²) in [5.74, 6) is -2.48. The molecular formula is C13H16F3NO3. The number of rotatable bonds is 2. The minimum Gasteiger partial charge on any atom is -0.346 e. The molecule has 0 saturated heterocycles. The third-order valence-electron chi connectivity index (χ3n) is 5.38. The molecule has 2 aliphatic carbocycles. The molecule has 0 aromatic rings. The third kappa shape index (κ3) is 1.52. The SMILES string of the molecule is CC1(C)[C@]2(C(=O)NCC(F)(F)F)CC[C@@]1(C)C(=O)C2=O. The van der Waals surface area contributed by atoms with Crippen molar-refractivity contribution in [3.8, 4) is 0 Å². The molecule has 1 amide bonds. The number of ketones is 2. The van der Waals surface area contributed by atoms with E-state index in [-0.39, 0.29) is 6.42 Å². The molecule has 0 unspecified atom stereocenters. The van der Waals surface area contributed by atoms with Gasteiger partial charge >= 0.3 is 6.18 Å². The zero-order valence-corrected chi connectivity index (χ0v) is 11.5. The van der Waals surface area contributed by atoms with Crippen LogP contribution in [0.25, 0.3) is 0 Å². The smallest absolute Gasteiger partial charge is 0.346 e. The standard InChI is InChI=1S/C13H16F3NO3/c1-10(2)11(3)4-5-12(10,8(19)7(11)18)9(20)17-6-13(14,15)16/h4-6H2,1-3H3,(H,17,20)/t11-,12+/m0/s1. The highest BCUT2D eigenvalue weighted by Gasteiger charge is 2.77. The Morgan fingerprint density at radius 2 is 1.70 bits per heavy atom. The van der Waals surface area contributed by atoms with Gasteiger partial charge in [0.25, 0.3) is 0 Å². The van der Waals surface area contributed by atoms with Crippen LogP contribution in [0.4, 0.5) is 13.2 Å². The van der Waals surface area contributed by atoms with Crippen molar-refractivity contribution in [1.82, 2.24) is 5.32 Å². The van der Waals surface area contributed by atoms with Crippen molar-refractivity contribution in [3.63, 3.8) is 0 Å². The molecule has 0 radical (unpaired) electrons. The van der Waals surface area contributed by atoms with Crippen LogP contribution in [0.5, 0.6) is 0 Å². The van der Waals surface area contributed by atoms with Crippen molar-refractivity contribution in [2.75, 3.05) is 6.54 Å². The Morgan fingerprint density at radius 1 is 1.15 bits per heavy atom. The van der Waals surface area contributed by atoms with Crippen LogP contribution in [0.2, 0.25) is 0 Å². The average molecular weight is 291 g/mol. The second-order valence-corrected chi connectivity index (χ2v) is 6.32. The molecule has 2 atom stereocenters. The number of hydrogen-bond donors (Lipinski definition) is 1. The maximum atomic E-state index is 12.2. The van der Waals surface area contributed by atoms with Crippen LogP contribution in [0, 0.1) is 16.2 Å². The summed E-state index contributed by atoms with van der Waals surface area (Å²) in [5, 5.41) is 1.77. The van der Waals surface area contributed by atoms with E-state index in [1.807, 2.05) is 0 Å². The Bertz CT molecular complexity index is 511. The van der Waals surface area contributed by atoms with E-state index in [9.17, 15) is 27.6 Å². The number of nitrogens with one attached hydrogen (secondary N) is 1. The Balaban J connectivity index is 2.37. The fourth-order valence-electron chi connectivity index (χ4n) is 3.60. The molecule has 2 fully saturated rings. The molecule has 0 spiro atoms. The molecular weight excluding hydrogens is 275 g/mol. The third-order valence-corrected chi connectivity index (χ3v) is 5.38. The van der Waals surface area contributed by atoms with Crippen molar-refractivity contribution in [3.05, 3.63) is 0 Å². The maximum Gasteiger partial charge on any atom is 0.405 e. The first kappa shape index (κ1) is 15.0. The Labute approximate surface area is 114 Å². The molecule has 0 aromatic carbocycles. The highest BCUT2D eigenvalue weighted by atomic mass is 19.4. The van der Waals surface area contributed by atoms with E-state index in [0.717, 1.165) is 0 Å². The Kier molecular flexibility index (Phi) is 2.87. The van der Waals surface area contributed by atoms with Crippen LogP contribution in [-0.2, 0) is 14.4 Å². The maximum absolute atomic E-state index is 12.2. The molecule has 0 aromatic heterocycles. The summed E-state index contributed by atoms with van der Waals surface area (Å²) in [6.07, 6.45) is -4.10. The van der Waals surface area contributed by atoms with Gasteiger partial charge in [-0.3, -0.25) is 14.4 Å². The van der Waals surface area contributed by atoms with E-state index < -0.39 is 46.4 Å². The van der Waals surface area contributed by atoms with E-state index >= 15 is 0 Å². The van der Waals surface area contributed by atoms with Gasteiger partial charge in [0.2, 0.25) is 17.5 Å². The number of amides is 1. The Hall–Kier alpha value is -1.40. The van der Waals surface area contributed by atoms with Crippen LogP contribution < -0.4 is 5.32 Å². The zero-order valence-electron chi connectivity index (χ0n) is 11.5. The molecule has 0 aliphatic heterocycles. The summed E-state index contributed by atoms with van der Waals surface area (Å²) in [6, 6.07) is 0. The molecule has 2 aliphatic rings. The monoisotopic (exact) mass is 291 g/mol. The summed E-state index contributed by atoms with van der Waals surface area (Å²) in [5.41, 5.74) is -3.62. The minimum absolute atomic E-state index is 0.116. The summed E-state index contributed by atoms with van der Waals surface area (Å²) in [7, 11) is 0. The molecule has 0 heterocycles. The van der Waals surface area contributed by atoms with Gasteiger partial charge in [-0.2, -0.15) is 13.2 Å². The van der Waals surface area contributed by atoms with Gasteiger partial charge in [-0.25, -0.2) is 0 Å². The van der Waals surface area contributed by atoms with Crippen molar-refractivity contribution in [2.24, 2.45) is 16.2 Å². The first-order valence-corrected chi connectivity index (χ1v) is 6.34. The number of alkyl halides is 3. The summed E-state index contributed by atoms with van der Waals surface area (Å²) in [6.45, 7) is 3.33. The lowest BCUT2D eigenvalue weighted by Crippen LogP contribution is -2.52. The average Bonchev–Trinajstić information content (AvgIpc) is 2.58. The van der Waals surface area contributed by atoms with Gasteiger partial charge in [-0.1, -0.05) is 20.8 Å². The predicted molar refractivity (Wildman–Crippen MR) is 62.6 cm³/mol. The van der Waals surface area contributed by atoms with E-state index in [2.05, 4.69) is 0 Å². The highest BCUT2D eigenvalue weighted by molar-refractivity contribution is 6.48. The van der Waals surface area contributed by atoms with E-state index in [1.54, 1.807) is 26.1 Å². The Morgan fingerprint density at radius 3 is 2.10 bits per heavy atom. The minimum atomic E-state index is -4.55. The van der Waals surface area contributed by atoms with Gasteiger partial charge in [0.15, 0.2) is 0 Å². The fraction of sp³-hybridized carbons (Fsp3) is 0.769. The molecule has 2 bridgehead atoms. The zero-order chi connectivity index (χ0) is 15.6. The molecule has 4 nitrogen and oxygen atoms in total. The second kappa shape index (κ2) is 3.83. The van der Waals surface area contributed by atoms with Gasteiger partial charge in [0, 0.05) is 5.41 Å². The first-order valence-electron chi connectivity index (χ1n) is 6.34. The molecule has 112 valence electrons. The van der Waals surface area contributed by atoms with Crippen molar-refractivity contribution in [2.45, 2.75) is 39.8 Å². The van der Waals surface area contributed by atoms with Crippen molar-refractivity contribution >= 4 is 17.5 Å². The lowest BCUT2D eigenvalue weighted by atomic mass is 9.64. The van der Waals surface area contributed by atoms with Crippen LogP contribution in [0.3, 0.4) is 0 Å². The van der Waals surface area contributed by atoms with E-state index in [0.29, 0.717) is 6.42 Å². The normalized spacial score (nSPS) is 35.5. The van der Waals surface area contributed by atoms with Gasteiger partial charge in [-0.15, -0.1) is 0 Å². The molecule has 1 N–H and O–H groups in total. The fourth-order valence-corrected chi connectivity index (χ4v) is 3.60. The number of carbonyl (C=O) groups is 3. The molecule has 2 saturated carbocycles. The highest BCUT2D eigenvalue weighted by Crippen LogP contribution is 2.68. The van der Waals surface area contributed by atoms with Crippen molar-refractivity contribution < 1.29 is 27.6 Å². The summed E-state index contributed by atoms with van der Waals surface area (Å²) < 4.78 is 36.7. The van der Waals surface area contributed by atoms with Crippen molar-refractivity contribution in [1.29, 1.82) is 0 Å². The van der Waals surface area contributed by atoms with E-state index in [1.165, 1.54) is 0 Å². The number of halogens is 3. The topological polar surface area (TPSA) is 63.2 Å². The summed E-state index contributed by atoms with van der Waals surface area (Å²) >= 11 is 0. The summed E-state index contributed by atoms with van der Waals surface area (Å²) in [4.78, 5) is 36.4. The van der Waals surface area contributed by atoms with Gasteiger partial charge in [0.05, 0.1) is 0 Å². The number of hydrogen-bond acceptors (Lipinski definition) is 3. The predicted octanol–water partition coefficient (Wildman–Crippen LogP) is 1.63.